The van der Waals surface area contributed by atoms with E-state index in [1.165, 1.54) is 0 Å². The van der Waals surface area contributed by atoms with Crippen molar-refractivity contribution in [3.8, 4) is 0 Å². The van der Waals surface area contributed by atoms with E-state index in [1.807, 2.05) is 60.7 Å². The topological polar surface area (TPSA) is 54.4 Å². The molecule has 2 rings (SSSR count). The molecule has 0 saturated heterocycles. The Balaban J connectivity index is 1.91. The first kappa shape index (κ1) is 16.9. The van der Waals surface area contributed by atoms with E-state index >= 15 is 0 Å². The van der Waals surface area contributed by atoms with Gasteiger partial charge in [0.05, 0.1) is 5.92 Å². The zero-order valence-electron chi connectivity index (χ0n) is 13.1. The molecule has 2 aromatic rings. The van der Waals surface area contributed by atoms with Crippen molar-refractivity contribution >= 4 is 12.3 Å². The molecule has 0 radical (unpaired) electrons. The van der Waals surface area contributed by atoms with Crippen LogP contribution in [-0.2, 0) is 22.4 Å². The number of aliphatic carboxylic acids is 1. The average Bonchev–Trinajstić information content (AvgIpc) is 2.59. The predicted octanol–water partition coefficient (Wildman–Crippen LogP) is 3.77. The maximum absolute atomic E-state index is 11.5. The molecule has 2 atom stereocenters. The Labute approximate surface area is 137 Å². The number of hydrogen-bond acceptors (Lipinski definition) is 2. The minimum Gasteiger partial charge on any atom is -0.481 e. The Morgan fingerprint density at radius 2 is 1.39 bits per heavy atom. The van der Waals surface area contributed by atoms with Crippen molar-refractivity contribution in [3.63, 3.8) is 0 Å². The van der Waals surface area contributed by atoms with Gasteiger partial charge in [-0.15, -0.1) is 0 Å². The first-order valence-electron chi connectivity index (χ1n) is 7.95. The summed E-state index contributed by atoms with van der Waals surface area (Å²) in [4.78, 5) is 22.8. The summed E-state index contributed by atoms with van der Waals surface area (Å²) in [6, 6.07) is 19.5. The van der Waals surface area contributed by atoms with Crippen LogP contribution in [0.1, 0.15) is 24.0 Å². The summed E-state index contributed by atoms with van der Waals surface area (Å²) in [7, 11) is 0. The van der Waals surface area contributed by atoms with Crippen molar-refractivity contribution in [2.75, 3.05) is 0 Å². The number of hydrogen-bond donors (Lipinski definition) is 1. The molecule has 0 bridgehead atoms. The molecule has 0 amide bonds. The van der Waals surface area contributed by atoms with Gasteiger partial charge in [-0.05, 0) is 36.8 Å². The standard InChI is InChI=1S/C20H22O3/c21-15-18(13-16-7-3-1-4-8-16)11-12-19(20(22)23)14-17-9-5-2-6-10-17/h1-10,15,18-19H,11-14H2,(H,22,23). The molecule has 0 saturated carbocycles. The molecular formula is C20H22O3. The van der Waals surface area contributed by atoms with Gasteiger partial charge in [0.2, 0.25) is 0 Å². The van der Waals surface area contributed by atoms with Gasteiger partial charge in [-0.1, -0.05) is 60.7 Å². The highest BCUT2D eigenvalue weighted by Crippen LogP contribution is 2.20. The molecule has 0 aromatic heterocycles. The highest BCUT2D eigenvalue weighted by molar-refractivity contribution is 5.70. The van der Waals surface area contributed by atoms with Crippen LogP contribution in [0.4, 0.5) is 0 Å². The van der Waals surface area contributed by atoms with Gasteiger partial charge in [0.1, 0.15) is 6.29 Å². The van der Waals surface area contributed by atoms with Crippen LogP contribution in [0.3, 0.4) is 0 Å². The van der Waals surface area contributed by atoms with Crippen LogP contribution in [0, 0.1) is 11.8 Å². The Morgan fingerprint density at radius 1 is 0.870 bits per heavy atom. The SMILES string of the molecule is O=CC(CCC(Cc1ccccc1)C(=O)O)Cc1ccccc1. The molecular weight excluding hydrogens is 288 g/mol. The lowest BCUT2D eigenvalue weighted by Gasteiger charge is -2.15. The van der Waals surface area contributed by atoms with E-state index in [9.17, 15) is 14.7 Å². The third kappa shape index (κ3) is 5.70. The van der Waals surface area contributed by atoms with Crippen LogP contribution in [0.2, 0.25) is 0 Å². The normalized spacial score (nSPS) is 13.2. The summed E-state index contributed by atoms with van der Waals surface area (Å²) in [5, 5.41) is 9.42. The molecule has 3 heteroatoms. The highest BCUT2D eigenvalue weighted by atomic mass is 16.4. The van der Waals surface area contributed by atoms with Gasteiger partial charge in [0.25, 0.3) is 0 Å². The summed E-state index contributed by atoms with van der Waals surface area (Å²) in [6.07, 6.45) is 3.24. The maximum Gasteiger partial charge on any atom is 0.306 e. The molecule has 0 spiro atoms. The Bertz CT molecular complexity index is 607. The van der Waals surface area contributed by atoms with Crippen molar-refractivity contribution < 1.29 is 14.7 Å². The van der Waals surface area contributed by atoms with E-state index in [0.717, 1.165) is 17.4 Å². The fourth-order valence-electron chi connectivity index (χ4n) is 2.76. The Morgan fingerprint density at radius 3 is 1.87 bits per heavy atom. The fourth-order valence-corrected chi connectivity index (χ4v) is 2.76. The van der Waals surface area contributed by atoms with Crippen LogP contribution in [-0.4, -0.2) is 17.4 Å². The summed E-state index contributed by atoms with van der Waals surface area (Å²) < 4.78 is 0. The van der Waals surface area contributed by atoms with E-state index in [-0.39, 0.29) is 5.92 Å². The van der Waals surface area contributed by atoms with Gasteiger partial charge in [0.15, 0.2) is 0 Å². The lowest BCUT2D eigenvalue weighted by molar-refractivity contribution is -0.142. The summed E-state index contributed by atoms with van der Waals surface area (Å²) in [5.41, 5.74) is 2.13. The van der Waals surface area contributed by atoms with E-state index < -0.39 is 11.9 Å². The first-order valence-corrected chi connectivity index (χ1v) is 7.95. The second kappa shape index (κ2) is 8.89. The molecule has 0 fully saturated rings. The van der Waals surface area contributed by atoms with Crippen LogP contribution < -0.4 is 0 Å². The zero-order valence-corrected chi connectivity index (χ0v) is 13.1. The largest absolute Gasteiger partial charge is 0.481 e. The van der Waals surface area contributed by atoms with Crippen molar-refractivity contribution in [3.05, 3.63) is 71.8 Å². The Kier molecular flexibility index (Phi) is 6.55. The number of carboxylic acids is 1. The number of carbonyl (C=O) groups excluding carboxylic acids is 1. The molecule has 120 valence electrons. The summed E-state index contributed by atoms with van der Waals surface area (Å²) in [6.45, 7) is 0. The molecule has 23 heavy (non-hydrogen) atoms. The lowest BCUT2D eigenvalue weighted by Crippen LogP contribution is -2.19. The molecule has 1 N–H and O–H groups in total. The predicted molar refractivity (Wildman–Crippen MR) is 90.2 cm³/mol. The lowest BCUT2D eigenvalue weighted by atomic mass is 9.89. The third-order valence-electron chi connectivity index (χ3n) is 4.09. The van der Waals surface area contributed by atoms with E-state index in [2.05, 4.69) is 0 Å². The molecule has 0 heterocycles. The maximum atomic E-state index is 11.5. The van der Waals surface area contributed by atoms with Gasteiger partial charge in [-0.3, -0.25) is 4.79 Å². The van der Waals surface area contributed by atoms with Gasteiger partial charge in [-0.25, -0.2) is 0 Å². The third-order valence-corrected chi connectivity index (χ3v) is 4.09. The van der Waals surface area contributed by atoms with E-state index in [0.29, 0.717) is 25.7 Å². The minimum absolute atomic E-state index is 0.130. The number of aldehydes is 1. The van der Waals surface area contributed by atoms with E-state index in [4.69, 9.17) is 0 Å². The van der Waals surface area contributed by atoms with Gasteiger partial charge >= 0.3 is 5.97 Å². The van der Waals surface area contributed by atoms with Gasteiger partial charge < -0.3 is 9.90 Å². The van der Waals surface area contributed by atoms with Crippen molar-refractivity contribution in [2.45, 2.75) is 25.7 Å². The van der Waals surface area contributed by atoms with E-state index in [1.54, 1.807) is 0 Å². The molecule has 2 unspecified atom stereocenters. The quantitative estimate of drug-likeness (QED) is 0.717. The zero-order chi connectivity index (χ0) is 16.5. The fraction of sp³-hybridized carbons (Fsp3) is 0.300. The number of carbonyl (C=O) groups is 2. The summed E-state index contributed by atoms with van der Waals surface area (Å²) >= 11 is 0. The number of rotatable bonds is 9. The van der Waals surface area contributed by atoms with Crippen molar-refractivity contribution in [1.82, 2.24) is 0 Å². The smallest absolute Gasteiger partial charge is 0.306 e. The molecule has 3 nitrogen and oxygen atoms in total. The minimum atomic E-state index is -0.793. The van der Waals surface area contributed by atoms with Crippen LogP contribution in [0.25, 0.3) is 0 Å². The molecule has 0 aliphatic rings. The van der Waals surface area contributed by atoms with Crippen LogP contribution in [0.15, 0.2) is 60.7 Å². The molecule has 2 aromatic carbocycles. The van der Waals surface area contributed by atoms with Gasteiger partial charge in [0, 0.05) is 5.92 Å². The highest BCUT2D eigenvalue weighted by Gasteiger charge is 2.20. The molecule has 0 aliphatic carbocycles. The number of carboxylic acid groups (broad SMARTS) is 1. The van der Waals surface area contributed by atoms with Crippen LogP contribution in [0.5, 0.6) is 0 Å². The summed E-state index contributed by atoms with van der Waals surface area (Å²) in [5.74, 6) is -1.37. The average molecular weight is 310 g/mol. The molecule has 0 aliphatic heterocycles. The van der Waals surface area contributed by atoms with Crippen LogP contribution >= 0.6 is 0 Å². The van der Waals surface area contributed by atoms with Gasteiger partial charge in [-0.2, -0.15) is 0 Å². The first-order chi connectivity index (χ1) is 11.2. The number of benzene rings is 2. The monoisotopic (exact) mass is 310 g/mol. The second-order valence-corrected chi connectivity index (χ2v) is 5.89. The second-order valence-electron chi connectivity index (χ2n) is 5.89. The van der Waals surface area contributed by atoms with Crippen molar-refractivity contribution in [2.24, 2.45) is 11.8 Å². The van der Waals surface area contributed by atoms with Crippen molar-refractivity contribution in [1.29, 1.82) is 0 Å². The Hall–Kier alpha value is -2.42.